The maximum absolute atomic E-state index is 12.0. The van der Waals surface area contributed by atoms with Crippen LogP contribution in [-0.4, -0.2) is 10.5 Å². The van der Waals surface area contributed by atoms with Gasteiger partial charge in [0, 0.05) is 10.5 Å². The summed E-state index contributed by atoms with van der Waals surface area (Å²) in [5.41, 5.74) is 0.649. The first-order valence-electron chi connectivity index (χ1n) is 5.22. The van der Waals surface area contributed by atoms with Gasteiger partial charge >= 0.3 is 0 Å². The minimum Gasteiger partial charge on any atom is -0.292 e. The van der Waals surface area contributed by atoms with Crippen LogP contribution in [0.2, 0.25) is 0 Å². The number of hydrogen-bond donors (Lipinski definition) is 0. The molecule has 86 valence electrons. The van der Waals surface area contributed by atoms with Crippen LogP contribution >= 0.6 is 23.4 Å². The lowest BCUT2D eigenvalue weighted by Crippen LogP contribution is -2.10. The third-order valence-corrected chi connectivity index (χ3v) is 3.68. The number of rotatable bonds is 4. The first-order chi connectivity index (χ1) is 8.27. The van der Waals surface area contributed by atoms with Gasteiger partial charge < -0.3 is 0 Å². The second-order valence-corrected chi connectivity index (χ2v) is 5.35. The number of alkyl halides is 1. The molecule has 0 amide bonds. The SMILES string of the molecule is O=C(c1ccccc1)C(Cl)Sc1ccccc1. The van der Waals surface area contributed by atoms with Crippen molar-refractivity contribution in [3.63, 3.8) is 0 Å². The Hall–Kier alpha value is -1.25. The van der Waals surface area contributed by atoms with E-state index in [0.717, 1.165) is 4.90 Å². The Kier molecular flexibility index (Phi) is 4.24. The Morgan fingerprint density at radius 1 is 0.941 bits per heavy atom. The Labute approximate surface area is 110 Å². The zero-order valence-corrected chi connectivity index (χ0v) is 10.6. The maximum Gasteiger partial charge on any atom is 0.191 e. The Balaban J connectivity index is 2.06. The molecule has 0 radical (unpaired) electrons. The molecule has 1 unspecified atom stereocenters. The van der Waals surface area contributed by atoms with Crippen molar-refractivity contribution in [1.82, 2.24) is 0 Å². The highest BCUT2D eigenvalue weighted by atomic mass is 35.5. The van der Waals surface area contributed by atoms with Gasteiger partial charge in [0.25, 0.3) is 0 Å². The molecular weight excluding hydrogens is 252 g/mol. The smallest absolute Gasteiger partial charge is 0.191 e. The van der Waals surface area contributed by atoms with Gasteiger partial charge in [-0.15, -0.1) is 11.6 Å². The molecule has 0 N–H and O–H groups in total. The van der Waals surface area contributed by atoms with Gasteiger partial charge in [-0.1, -0.05) is 60.3 Å². The van der Waals surface area contributed by atoms with E-state index in [0.29, 0.717) is 5.56 Å². The van der Waals surface area contributed by atoms with Gasteiger partial charge in [-0.3, -0.25) is 4.79 Å². The summed E-state index contributed by atoms with van der Waals surface area (Å²) >= 11 is 7.48. The molecule has 0 aromatic heterocycles. The lowest BCUT2D eigenvalue weighted by atomic mass is 10.1. The molecule has 2 rings (SSSR count). The Bertz CT molecular complexity index is 484. The van der Waals surface area contributed by atoms with Crippen molar-refractivity contribution in [3.8, 4) is 0 Å². The summed E-state index contributed by atoms with van der Waals surface area (Å²) in [7, 11) is 0. The van der Waals surface area contributed by atoms with Crippen LogP contribution in [0.1, 0.15) is 10.4 Å². The molecule has 0 heterocycles. The average Bonchev–Trinajstić information content (AvgIpc) is 2.40. The first kappa shape index (κ1) is 12.2. The third kappa shape index (κ3) is 3.35. The summed E-state index contributed by atoms with van der Waals surface area (Å²) in [6.45, 7) is 0. The highest BCUT2D eigenvalue weighted by molar-refractivity contribution is 8.01. The van der Waals surface area contributed by atoms with Crippen LogP contribution in [0.25, 0.3) is 0 Å². The number of Topliss-reactive ketones (excluding diaryl/α,β-unsaturated/α-hetero) is 1. The van der Waals surface area contributed by atoms with Gasteiger partial charge in [0.05, 0.1) is 0 Å². The van der Waals surface area contributed by atoms with Gasteiger partial charge in [-0.05, 0) is 12.1 Å². The van der Waals surface area contributed by atoms with Gasteiger partial charge in [0.15, 0.2) is 5.78 Å². The third-order valence-electron chi connectivity index (χ3n) is 2.25. The van der Waals surface area contributed by atoms with Crippen LogP contribution in [0.5, 0.6) is 0 Å². The van der Waals surface area contributed by atoms with E-state index >= 15 is 0 Å². The maximum atomic E-state index is 12.0. The molecule has 0 saturated heterocycles. The monoisotopic (exact) mass is 262 g/mol. The van der Waals surface area contributed by atoms with Crippen molar-refractivity contribution in [2.24, 2.45) is 0 Å². The Morgan fingerprint density at radius 2 is 1.47 bits per heavy atom. The van der Waals surface area contributed by atoms with Crippen molar-refractivity contribution < 1.29 is 4.79 Å². The van der Waals surface area contributed by atoms with Crippen LogP contribution in [0.15, 0.2) is 65.6 Å². The number of benzene rings is 2. The number of thioether (sulfide) groups is 1. The van der Waals surface area contributed by atoms with Crippen LogP contribution in [0, 0.1) is 0 Å². The van der Waals surface area contributed by atoms with E-state index in [1.54, 1.807) is 12.1 Å². The minimum absolute atomic E-state index is 0.0545. The Morgan fingerprint density at radius 3 is 2.06 bits per heavy atom. The standard InChI is InChI=1S/C14H11ClOS/c15-14(17-12-9-5-2-6-10-12)13(16)11-7-3-1-4-8-11/h1-10,14H. The lowest BCUT2D eigenvalue weighted by molar-refractivity contribution is 0.101. The van der Waals surface area contributed by atoms with Crippen LogP contribution in [-0.2, 0) is 0 Å². The van der Waals surface area contributed by atoms with Crippen molar-refractivity contribution in [1.29, 1.82) is 0 Å². The van der Waals surface area contributed by atoms with E-state index in [-0.39, 0.29) is 5.78 Å². The molecule has 2 aromatic carbocycles. The molecule has 0 saturated carbocycles. The topological polar surface area (TPSA) is 17.1 Å². The van der Waals surface area contributed by atoms with Crippen LogP contribution in [0.3, 0.4) is 0 Å². The summed E-state index contributed by atoms with van der Waals surface area (Å²) in [5, 5.41) is 0. The second-order valence-electron chi connectivity index (χ2n) is 3.48. The fourth-order valence-corrected chi connectivity index (χ4v) is 2.64. The fourth-order valence-electron chi connectivity index (χ4n) is 1.41. The van der Waals surface area contributed by atoms with Crippen LogP contribution < -0.4 is 0 Å². The van der Waals surface area contributed by atoms with Gasteiger partial charge in [0.2, 0.25) is 0 Å². The molecule has 1 nitrogen and oxygen atoms in total. The fraction of sp³-hybridized carbons (Fsp3) is 0.0714. The molecule has 0 bridgehead atoms. The quantitative estimate of drug-likeness (QED) is 0.466. The number of ketones is 1. The minimum atomic E-state index is -0.584. The lowest BCUT2D eigenvalue weighted by Gasteiger charge is -2.08. The average molecular weight is 263 g/mol. The van der Waals surface area contributed by atoms with E-state index in [1.807, 2.05) is 48.5 Å². The summed E-state index contributed by atoms with van der Waals surface area (Å²) in [6, 6.07) is 18.8. The number of halogens is 1. The normalized spacial score (nSPS) is 12.1. The second kappa shape index (κ2) is 5.89. The van der Waals surface area contributed by atoms with Gasteiger partial charge in [0.1, 0.15) is 4.71 Å². The van der Waals surface area contributed by atoms with E-state index in [1.165, 1.54) is 11.8 Å². The molecular formula is C14H11ClOS. The molecule has 0 spiro atoms. The van der Waals surface area contributed by atoms with E-state index in [4.69, 9.17) is 11.6 Å². The number of carbonyl (C=O) groups excluding carboxylic acids is 1. The summed E-state index contributed by atoms with van der Waals surface area (Å²) in [6.07, 6.45) is 0. The zero-order chi connectivity index (χ0) is 12.1. The molecule has 0 fully saturated rings. The molecule has 0 aliphatic carbocycles. The summed E-state index contributed by atoms with van der Waals surface area (Å²) in [5.74, 6) is -0.0545. The molecule has 0 aliphatic rings. The molecule has 1 atom stereocenters. The summed E-state index contributed by atoms with van der Waals surface area (Å²) in [4.78, 5) is 13.0. The van der Waals surface area contributed by atoms with Crippen molar-refractivity contribution in [2.45, 2.75) is 9.60 Å². The van der Waals surface area contributed by atoms with Crippen molar-refractivity contribution >= 4 is 29.1 Å². The molecule has 0 aliphatic heterocycles. The van der Waals surface area contributed by atoms with Gasteiger partial charge in [-0.2, -0.15) is 0 Å². The van der Waals surface area contributed by atoms with Gasteiger partial charge in [-0.25, -0.2) is 0 Å². The predicted octanol–water partition coefficient (Wildman–Crippen LogP) is 4.23. The highest BCUT2D eigenvalue weighted by Crippen LogP contribution is 2.28. The predicted molar refractivity (Wildman–Crippen MR) is 72.7 cm³/mol. The first-order valence-corrected chi connectivity index (χ1v) is 6.54. The van der Waals surface area contributed by atoms with E-state index < -0.39 is 4.71 Å². The summed E-state index contributed by atoms with van der Waals surface area (Å²) < 4.78 is -0.584. The number of carbonyl (C=O) groups is 1. The van der Waals surface area contributed by atoms with E-state index in [9.17, 15) is 4.79 Å². The molecule has 3 heteroatoms. The van der Waals surface area contributed by atoms with E-state index in [2.05, 4.69) is 0 Å². The highest BCUT2D eigenvalue weighted by Gasteiger charge is 2.17. The van der Waals surface area contributed by atoms with Crippen molar-refractivity contribution in [2.75, 3.05) is 0 Å². The molecule has 2 aromatic rings. The van der Waals surface area contributed by atoms with Crippen LogP contribution in [0.4, 0.5) is 0 Å². The zero-order valence-electron chi connectivity index (χ0n) is 9.05. The number of hydrogen-bond acceptors (Lipinski definition) is 2. The largest absolute Gasteiger partial charge is 0.292 e. The molecule has 17 heavy (non-hydrogen) atoms. The van der Waals surface area contributed by atoms with Crippen molar-refractivity contribution in [3.05, 3.63) is 66.2 Å².